The van der Waals surface area contributed by atoms with E-state index in [1.54, 1.807) is 11.3 Å². The van der Waals surface area contributed by atoms with Gasteiger partial charge in [0.05, 0.1) is 17.6 Å². The Labute approximate surface area is 250 Å². The lowest BCUT2D eigenvalue weighted by Crippen LogP contribution is -2.33. The molecule has 4 aliphatic rings. The van der Waals surface area contributed by atoms with Crippen LogP contribution in [0, 0.1) is 17.3 Å². The zero-order valence-electron chi connectivity index (χ0n) is 25.2. The lowest BCUT2D eigenvalue weighted by Gasteiger charge is -2.42. The van der Waals surface area contributed by atoms with Crippen molar-refractivity contribution in [2.24, 2.45) is 17.3 Å². The number of unbranched alkanes of at least 4 members (excludes halogenated alkanes) is 1. The number of ether oxygens (including phenoxy) is 1. The molecule has 0 radical (unpaired) electrons. The molecule has 2 N–H and O–H groups in total. The summed E-state index contributed by atoms with van der Waals surface area (Å²) in [5.74, 6) is 0.939. The lowest BCUT2D eigenvalue weighted by atomic mass is 9.63. The molecule has 224 valence electrons. The molecular weight excluding hydrogens is 530 g/mol. The minimum absolute atomic E-state index is 0.155. The van der Waals surface area contributed by atoms with Crippen molar-refractivity contribution >= 4 is 17.3 Å². The van der Waals surface area contributed by atoms with Crippen molar-refractivity contribution < 1.29 is 19.7 Å². The van der Waals surface area contributed by atoms with Gasteiger partial charge in [0.15, 0.2) is 0 Å². The predicted octanol–water partition coefficient (Wildman–Crippen LogP) is 7.54. The van der Waals surface area contributed by atoms with E-state index in [4.69, 9.17) is 9.72 Å². The van der Waals surface area contributed by atoms with E-state index >= 15 is 0 Å². The van der Waals surface area contributed by atoms with E-state index in [0.717, 1.165) is 48.3 Å². The van der Waals surface area contributed by atoms with E-state index in [-0.39, 0.29) is 22.9 Å². The van der Waals surface area contributed by atoms with Crippen molar-refractivity contribution in [3.63, 3.8) is 0 Å². The molecule has 0 saturated heterocycles. The Kier molecular flexibility index (Phi) is 9.42. The van der Waals surface area contributed by atoms with Crippen LogP contribution >= 0.6 is 11.3 Å². The summed E-state index contributed by atoms with van der Waals surface area (Å²) in [7, 11) is 0. The van der Waals surface area contributed by atoms with Gasteiger partial charge in [0.1, 0.15) is 11.1 Å². The molecule has 0 spiro atoms. The van der Waals surface area contributed by atoms with Gasteiger partial charge >= 0.3 is 5.97 Å². The molecule has 41 heavy (non-hydrogen) atoms. The van der Waals surface area contributed by atoms with E-state index in [1.807, 2.05) is 6.20 Å². The molecule has 1 aromatic rings. The first-order valence-corrected chi connectivity index (χ1v) is 16.7. The number of fused-ring (bicyclic) bond motifs is 1. The van der Waals surface area contributed by atoms with Gasteiger partial charge in [-0.05, 0) is 105 Å². The molecule has 5 rings (SSSR count). The van der Waals surface area contributed by atoms with Crippen molar-refractivity contribution in [2.45, 2.75) is 128 Å². The molecule has 0 aliphatic heterocycles. The number of hydrogen-bond donors (Lipinski definition) is 2. The number of aromatic nitrogens is 1. The van der Waals surface area contributed by atoms with Crippen molar-refractivity contribution in [2.75, 3.05) is 0 Å². The van der Waals surface area contributed by atoms with Crippen LogP contribution in [-0.2, 0) is 21.4 Å². The summed E-state index contributed by atoms with van der Waals surface area (Å²) in [5.41, 5.74) is 3.35. The van der Waals surface area contributed by atoms with Crippen LogP contribution in [0.1, 0.15) is 108 Å². The molecule has 1 aromatic heterocycles. The monoisotopic (exact) mass is 579 g/mol. The highest BCUT2D eigenvalue weighted by molar-refractivity contribution is 7.11. The van der Waals surface area contributed by atoms with Crippen LogP contribution in [0.25, 0.3) is 0 Å². The summed E-state index contributed by atoms with van der Waals surface area (Å²) in [6.45, 7) is 10.3. The Bertz CT molecular complexity index is 1210. The van der Waals surface area contributed by atoms with Crippen LogP contribution in [0.2, 0.25) is 0 Å². The molecule has 5 nitrogen and oxygen atoms in total. The van der Waals surface area contributed by atoms with Gasteiger partial charge in [-0.3, -0.25) is 4.79 Å². The Hall–Kier alpha value is -2.02. The molecule has 4 fully saturated rings. The Morgan fingerprint density at radius 2 is 2.07 bits per heavy atom. The zero-order valence-corrected chi connectivity index (χ0v) is 26.1. The van der Waals surface area contributed by atoms with Crippen molar-refractivity contribution in [3.05, 3.63) is 63.7 Å². The van der Waals surface area contributed by atoms with Crippen LogP contribution < -0.4 is 0 Å². The van der Waals surface area contributed by atoms with E-state index < -0.39 is 12.2 Å². The summed E-state index contributed by atoms with van der Waals surface area (Å²) < 4.78 is 5.93. The molecule has 0 amide bonds. The summed E-state index contributed by atoms with van der Waals surface area (Å²) in [5, 5.41) is 21.5. The standard InChI is InChI=1S/C35H49NO4S/c1-5-6-11-29-22-36-33(41-29)35(18-19-35)32(40-24(3)37)12-7-10-27-15-16-30-25(9-8-17-34(27,30)4)13-14-26-20-28(38)21-31(39)23(26)2/h7,12-14,22,27-28,30-32,38-39H,2,5-6,8-11,15-21H2,1,3-4H3/b12-7+,25-13+,26-14-. The number of carbonyl (C=O) groups is 1. The zero-order chi connectivity index (χ0) is 29.2. The smallest absolute Gasteiger partial charge is 0.303 e. The molecule has 0 aromatic carbocycles. The maximum atomic E-state index is 12.1. The minimum atomic E-state index is -0.646. The van der Waals surface area contributed by atoms with Gasteiger partial charge in [0.25, 0.3) is 0 Å². The van der Waals surface area contributed by atoms with Gasteiger partial charge in [-0.1, -0.05) is 50.6 Å². The first-order chi connectivity index (χ1) is 19.7. The van der Waals surface area contributed by atoms with Crippen molar-refractivity contribution in [3.8, 4) is 0 Å². The molecule has 0 bridgehead atoms. The van der Waals surface area contributed by atoms with Gasteiger partial charge in [0.2, 0.25) is 0 Å². The summed E-state index contributed by atoms with van der Waals surface area (Å²) in [4.78, 5) is 18.3. The second kappa shape index (κ2) is 12.7. The van der Waals surface area contributed by atoms with Gasteiger partial charge in [-0.25, -0.2) is 4.98 Å². The lowest BCUT2D eigenvalue weighted by molar-refractivity contribution is -0.145. The average molecular weight is 580 g/mol. The third-order valence-corrected chi connectivity index (χ3v) is 11.8. The third-order valence-electron chi connectivity index (χ3n) is 10.5. The van der Waals surface area contributed by atoms with E-state index in [0.29, 0.717) is 24.7 Å². The number of aryl methyl sites for hydroxylation is 1. The number of nitrogens with zero attached hydrogens (tertiary/aromatic N) is 1. The second-order valence-electron chi connectivity index (χ2n) is 13.3. The third kappa shape index (κ3) is 6.50. The molecule has 1 heterocycles. The largest absolute Gasteiger partial charge is 0.457 e. The average Bonchev–Trinajstić information content (AvgIpc) is 3.47. The Morgan fingerprint density at radius 1 is 1.27 bits per heavy atom. The minimum Gasteiger partial charge on any atom is -0.457 e. The molecule has 6 unspecified atom stereocenters. The quantitative estimate of drug-likeness (QED) is 0.221. The van der Waals surface area contributed by atoms with E-state index in [1.165, 1.54) is 55.9 Å². The van der Waals surface area contributed by atoms with E-state index in [9.17, 15) is 15.0 Å². The Balaban J connectivity index is 1.27. The fraction of sp³-hybridized carbons (Fsp3) is 0.657. The highest BCUT2D eigenvalue weighted by atomic mass is 32.1. The Morgan fingerprint density at radius 3 is 2.80 bits per heavy atom. The second-order valence-corrected chi connectivity index (χ2v) is 14.5. The fourth-order valence-electron chi connectivity index (χ4n) is 7.84. The number of rotatable bonds is 10. The molecule has 4 saturated carbocycles. The van der Waals surface area contributed by atoms with Crippen LogP contribution in [0.15, 0.2) is 53.8 Å². The first-order valence-electron chi connectivity index (χ1n) is 15.9. The number of esters is 1. The van der Waals surface area contributed by atoms with Crippen molar-refractivity contribution in [1.29, 1.82) is 0 Å². The molecule has 4 aliphatic carbocycles. The van der Waals surface area contributed by atoms with Crippen LogP contribution in [0.3, 0.4) is 0 Å². The number of aliphatic hydroxyl groups is 2. The molecule has 6 atom stereocenters. The van der Waals surface area contributed by atoms with Gasteiger partial charge in [-0.2, -0.15) is 0 Å². The first kappa shape index (κ1) is 30.4. The van der Waals surface area contributed by atoms with Gasteiger partial charge in [-0.15, -0.1) is 11.3 Å². The number of carbonyl (C=O) groups excluding carboxylic acids is 1. The maximum Gasteiger partial charge on any atom is 0.303 e. The fourth-order valence-corrected chi connectivity index (χ4v) is 9.07. The highest BCUT2D eigenvalue weighted by Crippen LogP contribution is 2.59. The van der Waals surface area contributed by atoms with Crippen LogP contribution in [0.5, 0.6) is 0 Å². The van der Waals surface area contributed by atoms with Crippen LogP contribution in [0.4, 0.5) is 0 Å². The maximum absolute atomic E-state index is 12.1. The summed E-state index contributed by atoms with van der Waals surface area (Å²) in [6.07, 6.45) is 22.9. The van der Waals surface area contributed by atoms with Crippen molar-refractivity contribution in [1.82, 2.24) is 4.98 Å². The number of aliphatic hydroxyl groups excluding tert-OH is 2. The predicted molar refractivity (Wildman–Crippen MR) is 166 cm³/mol. The highest BCUT2D eigenvalue weighted by Gasteiger charge is 2.54. The summed E-state index contributed by atoms with van der Waals surface area (Å²) >= 11 is 1.81. The van der Waals surface area contributed by atoms with Crippen LogP contribution in [-0.4, -0.2) is 39.5 Å². The van der Waals surface area contributed by atoms with Gasteiger partial charge < -0.3 is 14.9 Å². The molecular formula is C35H49NO4S. The van der Waals surface area contributed by atoms with Gasteiger partial charge in [0, 0.05) is 24.4 Å². The number of thiazole rings is 1. The SMILES string of the molecule is C=C1/C(=C\C=C2/CCCC3(C)C(C/C=C/C(OC(C)=O)C4(c5ncc(CCCC)s5)CC4)CCC23)CC(O)CC1O. The van der Waals surface area contributed by atoms with E-state index in [2.05, 4.69) is 44.7 Å². The molecule has 6 heteroatoms. The number of hydrogen-bond acceptors (Lipinski definition) is 6. The topological polar surface area (TPSA) is 79.7 Å². The normalized spacial score (nSPS) is 33.8. The number of allylic oxidation sites excluding steroid dienone is 4. The summed E-state index contributed by atoms with van der Waals surface area (Å²) in [6, 6.07) is 0.